The fourth-order valence-corrected chi connectivity index (χ4v) is 3.35. The first-order chi connectivity index (χ1) is 12.2. The Bertz CT molecular complexity index is 639. The molecule has 0 bridgehead atoms. The van der Waals surface area contributed by atoms with Crippen LogP contribution in [0.2, 0.25) is 5.02 Å². The quantitative estimate of drug-likeness (QED) is 0.396. The summed E-state index contributed by atoms with van der Waals surface area (Å²) in [4.78, 5) is 0. The normalized spacial score (nSPS) is 11.1. The molecule has 0 amide bonds. The molecule has 0 aromatic heterocycles. The van der Waals surface area contributed by atoms with Crippen LogP contribution < -0.4 is 4.74 Å². The zero-order valence-electron chi connectivity index (χ0n) is 15.4. The number of hydrogen-bond acceptors (Lipinski definition) is 2. The molecule has 2 nitrogen and oxygen atoms in total. The molecule has 0 unspecified atom stereocenters. The third-order valence-corrected chi connectivity index (χ3v) is 4.91. The summed E-state index contributed by atoms with van der Waals surface area (Å²) in [5, 5.41) is 12.2. The molecule has 0 saturated heterocycles. The fraction of sp³-hybridized carbons (Fsp3) is 0.545. The lowest BCUT2D eigenvalue weighted by Crippen LogP contribution is -1.98. The molecule has 138 valence electrons. The standard InChI is InChI=1S/C22H31ClO2/c1-2-3-4-5-6-7-8-9-10-11-16-25-22-15-14-21(24)20-17-18(23)12-13-19(20)22/h12-15,17,24H,2-11,16H2,1H3. The smallest absolute Gasteiger partial charge is 0.127 e. The highest BCUT2D eigenvalue weighted by Crippen LogP contribution is 2.34. The van der Waals surface area contributed by atoms with Gasteiger partial charge in [-0.25, -0.2) is 0 Å². The minimum absolute atomic E-state index is 0.240. The maximum absolute atomic E-state index is 9.97. The second kappa shape index (κ2) is 11.3. The summed E-state index contributed by atoms with van der Waals surface area (Å²) in [6, 6.07) is 9.02. The molecule has 0 atom stereocenters. The van der Waals surface area contributed by atoms with Crippen LogP contribution in [-0.4, -0.2) is 11.7 Å². The SMILES string of the molecule is CCCCCCCCCCCCOc1ccc(O)c2cc(Cl)ccc12. The summed E-state index contributed by atoms with van der Waals surface area (Å²) >= 11 is 6.01. The van der Waals surface area contributed by atoms with E-state index in [4.69, 9.17) is 16.3 Å². The number of halogens is 1. The van der Waals surface area contributed by atoms with Crippen LogP contribution in [0.15, 0.2) is 30.3 Å². The first kappa shape index (κ1) is 19.9. The largest absolute Gasteiger partial charge is 0.507 e. The minimum atomic E-state index is 0.240. The molecule has 0 heterocycles. The van der Waals surface area contributed by atoms with Gasteiger partial charge in [0, 0.05) is 15.8 Å². The molecule has 2 rings (SSSR count). The number of unbranched alkanes of at least 4 members (excludes halogenated alkanes) is 9. The number of phenolic OH excluding ortho intramolecular Hbond substituents is 1. The molecular weight excluding hydrogens is 332 g/mol. The molecule has 0 aliphatic heterocycles. The molecule has 0 fully saturated rings. The van der Waals surface area contributed by atoms with E-state index in [2.05, 4.69) is 6.92 Å². The van der Waals surface area contributed by atoms with Crippen LogP contribution in [0.25, 0.3) is 10.8 Å². The molecule has 0 saturated carbocycles. The summed E-state index contributed by atoms with van der Waals surface area (Å²) < 4.78 is 5.93. The number of fused-ring (bicyclic) bond motifs is 1. The van der Waals surface area contributed by atoms with Crippen LogP contribution in [0.4, 0.5) is 0 Å². The second-order valence-corrected chi connectivity index (χ2v) is 7.24. The van der Waals surface area contributed by atoms with Crippen LogP contribution in [0.3, 0.4) is 0 Å². The Labute approximate surface area is 157 Å². The van der Waals surface area contributed by atoms with Gasteiger partial charge in [0.05, 0.1) is 6.61 Å². The Kier molecular flexibility index (Phi) is 8.96. The van der Waals surface area contributed by atoms with Gasteiger partial charge in [0.15, 0.2) is 0 Å². The zero-order chi connectivity index (χ0) is 17.9. The van der Waals surface area contributed by atoms with Gasteiger partial charge < -0.3 is 9.84 Å². The van der Waals surface area contributed by atoms with E-state index in [1.54, 1.807) is 12.1 Å². The van der Waals surface area contributed by atoms with Crippen molar-refractivity contribution in [2.75, 3.05) is 6.61 Å². The summed E-state index contributed by atoms with van der Waals surface area (Å²) in [6.07, 6.45) is 13.2. The fourth-order valence-electron chi connectivity index (χ4n) is 3.17. The minimum Gasteiger partial charge on any atom is -0.507 e. The molecule has 1 N–H and O–H groups in total. The Hall–Kier alpha value is -1.41. The van der Waals surface area contributed by atoms with Crippen molar-refractivity contribution in [3.63, 3.8) is 0 Å². The van der Waals surface area contributed by atoms with Crippen molar-refractivity contribution in [1.29, 1.82) is 0 Å². The number of phenols is 1. The van der Waals surface area contributed by atoms with Gasteiger partial charge in [0.2, 0.25) is 0 Å². The van der Waals surface area contributed by atoms with E-state index >= 15 is 0 Å². The lowest BCUT2D eigenvalue weighted by atomic mass is 10.1. The zero-order valence-corrected chi connectivity index (χ0v) is 16.2. The van der Waals surface area contributed by atoms with Crippen molar-refractivity contribution in [2.24, 2.45) is 0 Å². The van der Waals surface area contributed by atoms with Gasteiger partial charge >= 0.3 is 0 Å². The lowest BCUT2D eigenvalue weighted by Gasteiger charge is -2.11. The molecule has 0 radical (unpaired) electrons. The van der Waals surface area contributed by atoms with Gasteiger partial charge in [-0.1, -0.05) is 76.3 Å². The van der Waals surface area contributed by atoms with Crippen LogP contribution in [-0.2, 0) is 0 Å². The van der Waals surface area contributed by atoms with E-state index in [1.165, 1.54) is 57.8 Å². The molecular formula is C22H31ClO2. The van der Waals surface area contributed by atoms with Gasteiger partial charge in [-0.2, -0.15) is 0 Å². The van der Waals surface area contributed by atoms with Crippen LogP contribution in [0, 0.1) is 0 Å². The molecule has 0 aliphatic rings. The highest BCUT2D eigenvalue weighted by Gasteiger charge is 2.07. The van der Waals surface area contributed by atoms with Crippen molar-refractivity contribution in [1.82, 2.24) is 0 Å². The first-order valence-electron chi connectivity index (χ1n) is 9.76. The summed E-state index contributed by atoms with van der Waals surface area (Å²) in [7, 11) is 0. The van der Waals surface area contributed by atoms with E-state index in [-0.39, 0.29) is 5.75 Å². The van der Waals surface area contributed by atoms with Gasteiger partial charge in [0.1, 0.15) is 11.5 Å². The van der Waals surface area contributed by atoms with E-state index in [0.717, 1.165) is 29.5 Å². The Morgan fingerprint density at radius 3 is 2.12 bits per heavy atom. The maximum Gasteiger partial charge on any atom is 0.127 e. The molecule has 0 spiro atoms. The Morgan fingerprint density at radius 2 is 1.44 bits per heavy atom. The van der Waals surface area contributed by atoms with Crippen LogP contribution in [0.5, 0.6) is 11.5 Å². The number of aromatic hydroxyl groups is 1. The van der Waals surface area contributed by atoms with E-state index < -0.39 is 0 Å². The first-order valence-corrected chi connectivity index (χ1v) is 10.1. The number of hydrogen-bond donors (Lipinski definition) is 1. The molecule has 2 aromatic carbocycles. The molecule has 2 aromatic rings. The third-order valence-electron chi connectivity index (χ3n) is 4.67. The van der Waals surface area contributed by atoms with Crippen molar-refractivity contribution >= 4 is 22.4 Å². The molecule has 0 aliphatic carbocycles. The second-order valence-electron chi connectivity index (χ2n) is 6.80. The molecule has 25 heavy (non-hydrogen) atoms. The summed E-state index contributed by atoms with van der Waals surface area (Å²) in [5.41, 5.74) is 0. The van der Waals surface area contributed by atoms with Crippen LogP contribution in [0.1, 0.15) is 71.1 Å². The van der Waals surface area contributed by atoms with E-state index in [9.17, 15) is 5.11 Å². The Morgan fingerprint density at radius 1 is 0.800 bits per heavy atom. The lowest BCUT2D eigenvalue weighted by molar-refractivity contribution is 0.307. The number of rotatable bonds is 12. The van der Waals surface area contributed by atoms with E-state index in [0.29, 0.717) is 5.02 Å². The van der Waals surface area contributed by atoms with Gasteiger partial charge in [0.25, 0.3) is 0 Å². The van der Waals surface area contributed by atoms with Crippen LogP contribution >= 0.6 is 11.6 Å². The van der Waals surface area contributed by atoms with Gasteiger partial charge in [-0.3, -0.25) is 0 Å². The van der Waals surface area contributed by atoms with Gasteiger partial charge in [-0.05, 0) is 36.8 Å². The monoisotopic (exact) mass is 362 g/mol. The van der Waals surface area contributed by atoms with Crippen molar-refractivity contribution in [3.8, 4) is 11.5 Å². The summed E-state index contributed by atoms with van der Waals surface area (Å²) in [6.45, 7) is 2.98. The number of ether oxygens (including phenoxy) is 1. The number of benzene rings is 2. The van der Waals surface area contributed by atoms with E-state index in [1.807, 2.05) is 18.2 Å². The predicted octanol–water partition coefficient (Wildman–Crippen LogP) is 7.50. The van der Waals surface area contributed by atoms with Crippen molar-refractivity contribution < 1.29 is 9.84 Å². The highest BCUT2D eigenvalue weighted by atomic mass is 35.5. The van der Waals surface area contributed by atoms with Crippen molar-refractivity contribution in [3.05, 3.63) is 35.4 Å². The molecule has 3 heteroatoms. The maximum atomic E-state index is 9.97. The predicted molar refractivity (Wildman–Crippen MR) is 108 cm³/mol. The summed E-state index contributed by atoms with van der Waals surface area (Å²) in [5.74, 6) is 1.06. The topological polar surface area (TPSA) is 29.5 Å². The third kappa shape index (κ3) is 6.78. The highest BCUT2D eigenvalue weighted by molar-refractivity contribution is 6.31. The van der Waals surface area contributed by atoms with Gasteiger partial charge in [-0.15, -0.1) is 0 Å². The average Bonchev–Trinajstić information content (AvgIpc) is 2.61. The Balaban J connectivity index is 1.64. The van der Waals surface area contributed by atoms with Crippen molar-refractivity contribution in [2.45, 2.75) is 71.1 Å². The average molecular weight is 363 g/mol.